The highest BCUT2D eigenvalue weighted by molar-refractivity contribution is 5.95. The van der Waals surface area contributed by atoms with Crippen molar-refractivity contribution in [2.24, 2.45) is 0 Å². The van der Waals surface area contributed by atoms with Crippen LogP contribution in [-0.2, 0) is 20.8 Å². The maximum absolute atomic E-state index is 12.4. The average molecular weight is 379 g/mol. The first kappa shape index (κ1) is 20.9. The van der Waals surface area contributed by atoms with Crippen LogP contribution in [0.1, 0.15) is 18.1 Å². The molecule has 0 saturated carbocycles. The molecule has 0 heterocycles. The average Bonchev–Trinajstić information content (AvgIpc) is 2.66. The number of nitrogens with one attached hydrogen (secondary N) is 2. The maximum Gasteiger partial charge on any atom is 0.244 e. The number of anilines is 1. The molecule has 2 aromatic rings. The van der Waals surface area contributed by atoms with Crippen LogP contribution in [0.25, 0.3) is 6.08 Å². The summed E-state index contributed by atoms with van der Waals surface area (Å²) in [4.78, 5) is 37.3. The van der Waals surface area contributed by atoms with Gasteiger partial charge in [-0.2, -0.15) is 0 Å². The highest BCUT2D eigenvalue weighted by Gasteiger charge is 2.21. The third-order valence-electron chi connectivity index (χ3n) is 4.00. The lowest BCUT2D eigenvalue weighted by molar-refractivity contribution is -0.133. The van der Waals surface area contributed by atoms with Gasteiger partial charge >= 0.3 is 0 Å². The Morgan fingerprint density at radius 1 is 1.00 bits per heavy atom. The highest BCUT2D eigenvalue weighted by atomic mass is 16.2. The molecule has 6 nitrogen and oxygen atoms in total. The van der Waals surface area contributed by atoms with Gasteiger partial charge in [-0.1, -0.05) is 42.5 Å². The van der Waals surface area contributed by atoms with Gasteiger partial charge in [-0.05, 0) is 29.3 Å². The van der Waals surface area contributed by atoms with Gasteiger partial charge in [0.1, 0.15) is 6.04 Å². The summed E-state index contributed by atoms with van der Waals surface area (Å²) in [5, 5.41) is 5.47. The summed E-state index contributed by atoms with van der Waals surface area (Å²) in [6, 6.07) is 16.0. The first-order chi connectivity index (χ1) is 13.3. The van der Waals surface area contributed by atoms with Crippen molar-refractivity contribution in [1.29, 1.82) is 0 Å². The van der Waals surface area contributed by atoms with Crippen LogP contribution in [0.4, 0.5) is 5.69 Å². The van der Waals surface area contributed by atoms with E-state index < -0.39 is 6.04 Å². The molecular weight excluding hydrogens is 354 g/mol. The molecule has 0 aliphatic heterocycles. The van der Waals surface area contributed by atoms with E-state index in [1.165, 1.54) is 17.9 Å². The van der Waals surface area contributed by atoms with E-state index in [1.807, 2.05) is 30.3 Å². The van der Waals surface area contributed by atoms with Crippen LogP contribution in [0.15, 0.2) is 60.7 Å². The molecule has 0 fully saturated rings. The summed E-state index contributed by atoms with van der Waals surface area (Å²) in [6.07, 6.45) is 3.48. The van der Waals surface area contributed by atoms with E-state index in [2.05, 4.69) is 10.6 Å². The minimum absolute atomic E-state index is 0.141. The van der Waals surface area contributed by atoms with Gasteiger partial charge < -0.3 is 15.5 Å². The number of carbonyl (C=O) groups excluding carboxylic acids is 3. The predicted molar refractivity (Wildman–Crippen MR) is 111 cm³/mol. The SMILES string of the molecule is CC(=O)Nc1ccc(/C=C/C(=O)NC(Cc2ccccc2)C(=O)N(C)C)cc1. The van der Waals surface area contributed by atoms with E-state index in [1.54, 1.807) is 44.4 Å². The van der Waals surface area contributed by atoms with Crippen molar-refractivity contribution in [1.82, 2.24) is 10.2 Å². The second-order valence-corrected chi connectivity index (χ2v) is 6.62. The molecule has 0 bridgehead atoms. The standard InChI is InChI=1S/C22H25N3O3/c1-16(26)23-19-12-9-17(10-13-19)11-14-21(27)24-20(22(28)25(2)3)15-18-7-5-4-6-8-18/h4-14,20H,15H2,1-3H3,(H,23,26)(H,24,27)/b14-11+. The van der Waals surface area contributed by atoms with Gasteiger partial charge in [-0.15, -0.1) is 0 Å². The lowest BCUT2D eigenvalue weighted by atomic mass is 10.0. The fourth-order valence-electron chi connectivity index (χ4n) is 2.63. The summed E-state index contributed by atoms with van der Waals surface area (Å²) in [7, 11) is 3.33. The Bertz CT molecular complexity index is 843. The Hall–Kier alpha value is -3.41. The third-order valence-corrected chi connectivity index (χ3v) is 4.00. The summed E-state index contributed by atoms with van der Waals surface area (Å²) >= 11 is 0. The Morgan fingerprint density at radius 3 is 2.21 bits per heavy atom. The molecule has 3 amide bonds. The Kier molecular flexibility index (Phi) is 7.51. The number of likely N-dealkylation sites (N-methyl/N-ethyl adjacent to an activating group) is 1. The minimum Gasteiger partial charge on any atom is -0.347 e. The molecule has 0 spiro atoms. The van der Waals surface area contributed by atoms with Crippen LogP contribution in [0.2, 0.25) is 0 Å². The molecule has 0 aliphatic carbocycles. The second kappa shape index (κ2) is 10.1. The lowest BCUT2D eigenvalue weighted by Gasteiger charge is -2.21. The zero-order valence-electron chi connectivity index (χ0n) is 16.3. The largest absolute Gasteiger partial charge is 0.347 e. The van der Waals surface area contributed by atoms with Crippen LogP contribution in [-0.4, -0.2) is 42.8 Å². The van der Waals surface area contributed by atoms with Crippen LogP contribution >= 0.6 is 0 Å². The summed E-state index contributed by atoms with van der Waals surface area (Å²) in [5.41, 5.74) is 2.47. The van der Waals surface area contributed by atoms with E-state index in [-0.39, 0.29) is 17.7 Å². The Morgan fingerprint density at radius 2 is 1.64 bits per heavy atom. The van der Waals surface area contributed by atoms with Gasteiger partial charge in [-0.25, -0.2) is 0 Å². The second-order valence-electron chi connectivity index (χ2n) is 6.62. The van der Waals surface area contributed by atoms with Crippen molar-refractivity contribution < 1.29 is 14.4 Å². The number of carbonyl (C=O) groups is 3. The smallest absolute Gasteiger partial charge is 0.244 e. The Balaban J connectivity index is 2.02. The van der Waals surface area contributed by atoms with Crippen molar-refractivity contribution in [3.8, 4) is 0 Å². The van der Waals surface area contributed by atoms with E-state index in [4.69, 9.17) is 0 Å². The fourth-order valence-corrected chi connectivity index (χ4v) is 2.63. The quantitative estimate of drug-likeness (QED) is 0.726. The van der Waals surface area contributed by atoms with Crippen molar-refractivity contribution in [2.75, 3.05) is 19.4 Å². The van der Waals surface area contributed by atoms with Crippen LogP contribution in [0.3, 0.4) is 0 Å². The van der Waals surface area contributed by atoms with Crippen molar-refractivity contribution in [2.45, 2.75) is 19.4 Å². The van der Waals surface area contributed by atoms with Crippen LogP contribution in [0.5, 0.6) is 0 Å². The molecule has 1 atom stereocenters. The maximum atomic E-state index is 12.4. The van der Waals surface area contributed by atoms with Crippen molar-refractivity contribution in [3.63, 3.8) is 0 Å². The summed E-state index contributed by atoms with van der Waals surface area (Å²) < 4.78 is 0. The van der Waals surface area contributed by atoms with Crippen molar-refractivity contribution >= 4 is 29.5 Å². The van der Waals surface area contributed by atoms with Crippen LogP contribution in [0, 0.1) is 0 Å². The number of hydrogen-bond acceptors (Lipinski definition) is 3. The lowest BCUT2D eigenvalue weighted by Crippen LogP contribution is -2.47. The molecule has 2 aromatic carbocycles. The molecule has 0 aromatic heterocycles. The first-order valence-corrected chi connectivity index (χ1v) is 8.96. The first-order valence-electron chi connectivity index (χ1n) is 8.96. The number of amides is 3. The zero-order valence-corrected chi connectivity index (χ0v) is 16.3. The van der Waals surface area contributed by atoms with Gasteiger partial charge in [0.15, 0.2) is 0 Å². The molecule has 2 N–H and O–H groups in total. The molecule has 146 valence electrons. The van der Waals surface area contributed by atoms with Gasteiger partial charge in [0, 0.05) is 39.2 Å². The van der Waals surface area contributed by atoms with Gasteiger partial charge in [0.25, 0.3) is 0 Å². The van der Waals surface area contributed by atoms with E-state index in [0.717, 1.165) is 11.1 Å². The van der Waals surface area contributed by atoms with E-state index in [0.29, 0.717) is 12.1 Å². The number of benzene rings is 2. The normalized spacial score (nSPS) is 11.7. The number of hydrogen-bond donors (Lipinski definition) is 2. The summed E-state index contributed by atoms with van der Waals surface area (Å²) in [6.45, 7) is 1.44. The molecule has 0 radical (unpaired) electrons. The molecule has 28 heavy (non-hydrogen) atoms. The molecule has 0 aliphatic rings. The zero-order chi connectivity index (χ0) is 20.5. The number of nitrogens with zero attached hydrogens (tertiary/aromatic N) is 1. The molecular formula is C22H25N3O3. The molecule has 1 unspecified atom stereocenters. The van der Waals surface area contributed by atoms with E-state index >= 15 is 0 Å². The van der Waals surface area contributed by atoms with Gasteiger partial charge in [0.2, 0.25) is 17.7 Å². The minimum atomic E-state index is -0.642. The third kappa shape index (κ3) is 6.72. The highest BCUT2D eigenvalue weighted by Crippen LogP contribution is 2.11. The predicted octanol–water partition coefficient (Wildman–Crippen LogP) is 2.47. The van der Waals surface area contributed by atoms with Gasteiger partial charge in [0.05, 0.1) is 0 Å². The van der Waals surface area contributed by atoms with E-state index in [9.17, 15) is 14.4 Å². The monoisotopic (exact) mass is 379 g/mol. The summed E-state index contributed by atoms with van der Waals surface area (Å²) in [5.74, 6) is -0.648. The Labute approximate surface area is 165 Å². The van der Waals surface area contributed by atoms with Gasteiger partial charge in [-0.3, -0.25) is 14.4 Å². The number of rotatable bonds is 7. The topological polar surface area (TPSA) is 78.5 Å². The van der Waals surface area contributed by atoms with Crippen LogP contribution < -0.4 is 10.6 Å². The molecule has 0 saturated heterocycles. The molecule has 2 rings (SSSR count). The molecule has 6 heteroatoms. The fraction of sp³-hybridized carbons (Fsp3) is 0.227. The van der Waals surface area contributed by atoms with Crippen molar-refractivity contribution in [3.05, 3.63) is 71.8 Å².